The summed E-state index contributed by atoms with van der Waals surface area (Å²) in [6.45, 7) is 0. The van der Waals surface area contributed by atoms with Crippen LogP contribution in [0.25, 0.3) is 16.8 Å². The van der Waals surface area contributed by atoms with Crippen LogP contribution in [-0.4, -0.2) is 29.8 Å². The van der Waals surface area contributed by atoms with E-state index in [1.807, 2.05) is 0 Å². The summed E-state index contributed by atoms with van der Waals surface area (Å²) < 4.78 is 39.2. The number of carbonyl (C=O) groups excluding carboxylic acids is 1. The maximum atomic E-state index is 14.4. The fourth-order valence-corrected chi connectivity index (χ4v) is 3.65. The number of nitrogens with zero attached hydrogens (tertiary/aromatic N) is 2. The first-order chi connectivity index (χ1) is 11.3. The number of hydrogen-bond donors (Lipinski definition) is 0. The zero-order chi connectivity index (χ0) is 17.1. The lowest BCUT2D eigenvalue weighted by Gasteiger charge is -2.07. The highest BCUT2D eigenvalue weighted by Crippen LogP contribution is 2.29. The Hall–Kier alpha value is -2.54. The van der Waals surface area contributed by atoms with Crippen LogP contribution in [0.1, 0.15) is 22.6 Å². The maximum absolute atomic E-state index is 14.4. The number of imidazole rings is 1. The van der Waals surface area contributed by atoms with Gasteiger partial charge in [0.25, 0.3) is 0 Å². The molecule has 0 N–H and O–H groups in total. The number of hydrogen-bond acceptors (Lipinski definition) is 4. The molecule has 1 aliphatic rings. The van der Waals surface area contributed by atoms with Crippen molar-refractivity contribution in [3.05, 3.63) is 53.7 Å². The molecule has 0 amide bonds. The van der Waals surface area contributed by atoms with Crippen LogP contribution in [0.3, 0.4) is 0 Å². The summed E-state index contributed by atoms with van der Waals surface area (Å²) in [4.78, 5) is 16.2. The second-order valence-electron chi connectivity index (χ2n) is 5.89. The lowest BCUT2D eigenvalue weighted by molar-refractivity contribution is 0.0990. The normalized spacial score (nSPS) is 14.3. The molecule has 0 saturated heterocycles. The number of aryl methyl sites for hydroxylation is 1. The number of sulfone groups is 1. The molecule has 0 bridgehead atoms. The third-order valence-electron chi connectivity index (χ3n) is 4.26. The Morgan fingerprint density at radius 1 is 1.17 bits per heavy atom. The monoisotopic (exact) mass is 344 g/mol. The van der Waals surface area contributed by atoms with Crippen LogP contribution >= 0.6 is 0 Å². The number of aromatic nitrogens is 2. The topological polar surface area (TPSA) is 68.5 Å². The van der Waals surface area contributed by atoms with E-state index in [1.54, 1.807) is 22.7 Å². The van der Waals surface area contributed by atoms with E-state index < -0.39 is 15.7 Å². The lowest BCUT2D eigenvalue weighted by Crippen LogP contribution is -1.98. The average Bonchev–Trinajstić information content (AvgIpc) is 3.05. The number of carbonyl (C=O) groups is 1. The Morgan fingerprint density at radius 2 is 1.88 bits per heavy atom. The maximum Gasteiger partial charge on any atom is 0.183 e. The zero-order valence-electron chi connectivity index (χ0n) is 12.8. The first kappa shape index (κ1) is 15.0. The van der Waals surface area contributed by atoms with Crippen LogP contribution < -0.4 is 0 Å². The molecule has 5 nitrogen and oxygen atoms in total. The minimum atomic E-state index is -3.30. The molecule has 1 aromatic carbocycles. The average molecular weight is 344 g/mol. The first-order valence-electron chi connectivity index (χ1n) is 7.39. The Bertz CT molecular complexity index is 1100. The fraction of sp³-hybridized carbons (Fsp3) is 0.176. The van der Waals surface area contributed by atoms with Gasteiger partial charge in [-0.25, -0.2) is 17.8 Å². The van der Waals surface area contributed by atoms with Gasteiger partial charge in [0.15, 0.2) is 15.6 Å². The number of fused-ring (bicyclic) bond motifs is 3. The second kappa shape index (κ2) is 4.98. The molecule has 0 saturated carbocycles. The van der Waals surface area contributed by atoms with Crippen molar-refractivity contribution in [3.8, 4) is 11.1 Å². The predicted octanol–water partition coefficient (Wildman–Crippen LogP) is 2.67. The molecule has 0 radical (unpaired) electrons. The molecule has 2 heterocycles. The van der Waals surface area contributed by atoms with Gasteiger partial charge in [-0.05, 0) is 24.1 Å². The number of pyridine rings is 1. The molecule has 0 atom stereocenters. The van der Waals surface area contributed by atoms with Gasteiger partial charge in [-0.3, -0.25) is 4.79 Å². The summed E-state index contributed by atoms with van der Waals surface area (Å²) in [5.74, 6) is -0.487. The molecule has 4 rings (SSSR count). The third kappa shape index (κ3) is 2.24. The Kier molecular flexibility index (Phi) is 3.11. The van der Waals surface area contributed by atoms with Crippen LogP contribution in [-0.2, 0) is 16.3 Å². The molecular formula is C17H13FN2O3S. The Balaban J connectivity index is 1.88. The minimum absolute atomic E-state index is 0.0202. The Labute approximate surface area is 137 Å². The van der Waals surface area contributed by atoms with E-state index in [9.17, 15) is 17.6 Å². The van der Waals surface area contributed by atoms with Gasteiger partial charge in [0.1, 0.15) is 17.2 Å². The quantitative estimate of drug-likeness (QED) is 0.717. The highest BCUT2D eigenvalue weighted by atomic mass is 32.2. The predicted molar refractivity (Wildman–Crippen MR) is 86.3 cm³/mol. The highest BCUT2D eigenvalue weighted by molar-refractivity contribution is 7.90. The standard InChI is InChI=1S/C17H13FN2O3S/c1-24(22,23)11-4-2-10(3-5-11)12-9-20-14-6-7-15(21)17(14)19-16(20)8-13(12)18/h2-5,8-9H,6-7H2,1H3. The summed E-state index contributed by atoms with van der Waals surface area (Å²) in [6, 6.07) is 7.35. The van der Waals surface area contributed by atoms with Gasteiger partial charge in [-0.2, -0.15) is 0 Å². The minimum Gasteiger partial charge on any atom is -0.302 e. The summed E-state index contributed by atoms with van der Waals surface area (Å²) in [7, 11) is -3.30. The molecule has 0 fully saturated rings. The van der Waals surface area contributed by atoms with E-state index in [4.69, 9.17) is 0 Å². The molecule has 24 heavy (non-hydrogen) atoms. The van der Waals surface area contributed by atoms with E-state index in [2.05, 4.69) is 4.98 Å². The van der Waals surface area contributed by atoms with E-state index in [1.165, 1.54) is 18.2 Å². The molecule has 122 valence electrons. The first-order valence-corrected chi connectivity index (χ1v) is 9.28. The van der Waals surface area contributed by atoms with Crippen molar-refractivity contribution >= 4 is 21.3 Å². The molecule has 7 heteroatoms. The Morgan fingerprint density at radius 3 is 2.54 bits per heavy atom. The van der Waals surface area contributed by atoms with Gasteiger partial charge in [0, 0.05) is 30.5 Å². The van der Waals surface area contributed by atoms with Gasteiger partial charge in [0.2, 0.25) is 0 Å². The van der Waals surface area contributed by atoms with Crippen molar-refractivity contribution in [2.75, 3.05) is 6.26 Å². The zero-order valence-corrected chi connectivity index (χ0v) is 13.6. The van der Waals surface area contributed by atoms with Crippen molar-refractivity contribution in [1.29, 1.82) is 0 Å². The summed E-state index contributed by atoms with van der Waals surface area (Å²) in [5.41, 5.74) is 2.51. The van der Waals surface area contributed by atoms with Crippen molar-refractivity contribution < 1.29 is 17.6 Å². The summed E-state index contributed by atoms with van der Waals surface area (Å²) in [5, 5.41) is 0. The molecule has 1 aliphatic carbocycles. The van der Waals surface area contributed by atoms with Crippen LogP contribution in [0.4, 0.5) is 4.39 Å². The van der Waals surface area contributed by atoms with Crippen molar-refractivity contribution in [1.82, 2.24) is 9.38 Å². The molecule has 0 aliphatic heterocycles. The van der Waals surface area contributed by atoms with Crippen LogP contribution in [0.2, 0.25) is 0 Å². The van der Waals surface area contributed by atoms with Crippen molar-refractivity contribution in [2.45, 2.75) is 17.7 Å². The summed E-state index contributed by atoms with van der Waals surface area (Å²) >= 11 is 0. The largest absolute Gasteiger partial charge is 0.302 e. The molecular weight excluding hydrogens is 331 g/mol. The lowest BCUT2D eigenvalue weighted by atomic mass is 10.1. The van der Waals surface area contributed by atoms with Gasteiger partial charge in [-0.15, -0.1) is 0 Å². The highest BCUT2D eigenvalue weighted by Gasteiger charge is 2.26. The number of ketones is 1. The summed E-state index contributed by atoms with van der Waals surface area (Å²) in [6.07, 6.45) is 3.76. The molecule has 3 aromatic rings. The van der Waals surface area contributed by atoms with Crippen molar-refractivity contribution in [3.63, 3.8) is 0 Å². The van der Waals surface area contributed by atoms with Crippen LogP contribution in [0.5, 0.6) is 0 Å². The van der Waals surface area contributed by atoms with Gasteiger partial charge >= 0.3 is 0 Å². The van der Waals surface area contributed by atoms with Gasteiger partial charge in [0.05, 0.1) is 10.6 Å². The number of rotatable bonds is 2. The molecule has 2 aromatic heterocycles. The van der Waals surface area contributed by atoms with Gasteiger partial charge in [-0.1, -0.05) is 12.1 Å². The third-order valence-corrected chi connectivity index (χ3v) is 5.38. The van der Waals surface area contributed by atoms with E-state index in [-0.39, 0.29) is 10.7 Å². The number of halogens is 1. The fourth-order valence-electron chi connectivity index (χ4n) is 3.02. The molecule has 0 spiro atoms. The SMILES string of the molecule is CS(=O)(=O)c1ccc(-c2cn3c4c(nc3cc2F)C(=O)CC4)cc1. The van der Waals surface area contributed by atoms with Crippen LogP contribution in [0, 0.1) is 5.82 Å². The van der Waals surface area contributed by atoms with Gasteiger partial charge < -0.3 is 4.40 Å². The number of Topliss-reactive ketones (excluding diaryl/α,β-unsaturated/α-hetero) is 1. The van der Waals surface area contributed by atoms with E-state index >= 15 is 0 Å². The van der Waals surface area contributed by atoms with E-state index in [0.717, 1.165) is 11.9 Å². The van der Waals surface area contributed by atoms with Crippen LogP contribution in [0.15, 0.2) is 41.4 Å². The molecule has 0 unspecified atom stereocenters. The van der Waals surface area contributed by atoms with Crippen molar-refractivity contribution in [2.24, 2.45) is 0 Å². The smallest absolute Gasteiger partial charge is 0.183 e. The second-order valence-corrected chi connectivity index (χ2v) is 7.91. The van der Waals surface area contributed by atoms with E-state index in [0.29, 0.717) is 35.3 Å². The number of benzene rings is 1.